The van der Waals surface area contributed by atoms with Gasteiger partial charge in [-0.15, -0.1) is 73.0 Å². The number of rotatable bonds is 3. The van der Waals surface area contributed by atoms with Crippen LogP contribution in [0.5, 0.6) is 0 Å². The number of aromatic nitrogens is 6. The fourth-order valence-corrected chi connectivity index (χ4v) is 18.5. The molecule has 0 aliphatic rings. The maximum absolute atomic E-state index is 9.69. The van der Waals surface area contributed by atoms with Gasteiger partial charge in [-0.3, -0.25) is 0 Å². The Hall–Kier alpha value is -9.32. The van der Waals surface area contributed by atoms with E-state index in [-0.39, 0.29) is 52.3 Å². The summed E-state index contributed by atoms with van der Waals surface area (Å²) in [5, 5.41) is 62.2. The number of hydrogen-bond donors (Lipinski definition) is 2. The summed E-state index contributed by atoms with van der Waals surface area (Å²) in [6.45, 7) is 21.8. The van der Waals surface area contributed by atoms with E-state index < -0.39 is 16.7 Å². The summed E-state index contributed by atoms with van der Waals surface area (Å²) in [7, 11) is 23.8. The minimum atomic E-state index is -4.26. The zero-order valence-corrected chi connectivity index (χ0v) is 66.8. The molecular weight excluding hydrogens is 1710 g/mol. The van der Waals surface area contributed by atoms with Crippen molar-refractivity contribution in [2.24, 2.45) is 0 Å². The van der Waals surface area contributed by atoms with E-state index in [1.165, 1.54) is 86.8 Å². The van der Waals surface area contributed by atoms with E-state index in [0.717, 1.165) is 54.3 Å². The Morgan fingerprint density at radius 3 is 1.08 bits per heavy atom. The van der Waals surface area contributed by atoms with E-state index in [1.807, 2.05) is 36.4 Å². The normalized spacial score (nSPS) is 11.4. The molecule has 109 heavy (non-hydrogen) atoms. The van der Waals surface area contributed by atoms with Gasteiger partial charge in [0.25, 0.3) is 5.15 Å². The Morgan fingerprint density at radius 2 is 0.688 bits per heavy atom. The number of benzene rings is 11. The predicted molar refractivity (Wildman–Crippen MR) is 463 cm³/mol. The Balaban J connectivity index is 0.000000133. The van der Waals surface area contributed by atoms with Gasteiger partial charge in [-0.25, -0.2) is 15.0 Å². The van der Waals surface area contributed by atoms with Gasteiger partial charge in [-0.1, -0.05) is 160 Å². The van der Waals surface area contributed by atoms with Gasteiger partial charge in [0, 0.05) is 123 Å². The van der Waals surface area contributed by atoms with Crippen LogP contribution in [-0.2, 0) is 9.60 Å². The molecule has 8 aromatic heterocycles. The standard InChI is InChI=1S/C30H12N4S2.C30H14N4S2.C12H9BO2S.C6Cl2N4.CH4.BHP.5ClH.Mo/c1-32-30-23(14-31)33-28-21-12-26-19(15-6-2-4-8-24(15)35-26)10-17(21)18-11-20-16-7-3-5-9-25(16)36-27(20)13-22(18)29(28)34-30;1-32-30-23(16-31)33-28(17-10-12-21-19-6-2-4-8-24(19)35-26(21)14-17)29(34-30)18-11-13-22-20-7-3-5-9-25(20)36-27(22)15-18;14-13(15)8-5-6-10-9-3-1-2-4-11(9)16-12(10)7-8;1-10-6-3(2-9)11-4(7)5(8)12-6;;1-2;;;;;;/h2-13H;2-15H;1-7,14-15H;;1H4;1H;5*1H;/q;;;;;-2;;;;;;+5/p-5/i;;;;;1T;;;;;;. The molecule has 19 aromatic rings. The molecule has 526 valence electrons. The molecule has 19 rings (SSSR count). The van der Waals surface area contributed by atoms with Crippen molar-refractivity contribution < 1.29 is 19.7 Å². The van der Waals surface area contributed by atoms with Crippen molar-refractivity contribution in [1.29, 1.82) is 17.1 Å². The SMILES string of the molecule is C.OB(O)c1ccc2c(c1)sc1ccccc12.[3H][B][P-2].[C-]#[N+]c1nc(-c2ccc3c(c2)sc2ccccc23)c(-c2ccc3c(c2)sc2ccccc23)nc1C#N.[C-]#[N+]c1nc(Cl)c(Cl)nc1C#N.[C-]#[N+]c1nc2c3cc4sc5ccccc5c4cc3c3cc4c(cc3c2nc1C#N)sc1ccccc14.[Cl][Mo]([Cl])([Cl])([Cl])[Cl]. The van der Waals surface area contributed by atoms with Crippen LogP contribution in [0.2, 0.25) is 10.3 Å². The minimum absolute atomic E-state index is 0. The Morgan fingerprint density at radius 1 is 0.385 bits per heavy atom. The van der Waals surface area contributed by atoms with Crippen molar-refractivity contribution in [1.82, 2.24) is 29.9 Å². The third-order valence-electron chi connectivity index (χ3n) is 17.0. The molecule has 0 saturated heterocycles. The quantitative estimate of drug-likeness (QED) is 0.0737. The number of thiophene rings is 5. The first-order chi connectivity index (χ1) is 52.5. The van der Waals surface area contributed by atoms with Crippen LogP contribution >= 0.6 is 136 Å². The molecule has 0 aliphatic heterocycles. The average Bonchev–Trinajstić information content (AvgIpc) is 1.41. The van der Waals surface area contributed by atoms with Crippen LogP contribution in [-0.4, -0.2) is 55.9 Å². The van der Waals surface area contributed by atoms with E-state index in [4.69, 9.17) is 117 Å². The van der Waals surface area contributed by atoms with Crippen molar-refractivity contribution in [3.05, 3.63) is 262 Å². The van der Waals surface area contributed by atoms with Crippen molar-refractivity contribution in [3.63, 3.8) is 0 Å². The topological polar surface area (TPSA) is 202 Å². The molecule has 0 aliphatic carbocycles. The third kappa shape index (κ3) is 15.9. The fraction of sp³-hybridized carbons (Fsp3) is 0.0127. The summed E-state index contributed by atoms with van der Waals surface area (Å²) >= 11 is 19.6. The summed E-state index contributed by atoms with van der Waals surface area (Å²) in [6, 6.07) is 74.6. The maximum atomic E-state index is 9.69. The summed E-state index contributed by atoms with van der Waals surface area (Å²) in [6.07, 6.45) is 0. The van der Waals surface area contributed by atoms with Crippen LogP contribution in [0.25, 0.3) is 170 Å². The zero-order valence-electron chi connectivity index (χ0n) is 55.5. The van der Waals surface area contributed by atoms with Gasteiger partial charge < -0.3 is 41.2 Å². The second-order valence-electron chi connectivity index (χ2n) is 23.2. The van der Waals surface area contributed by atoms with Crippen molar-refractivity contribution in [2.45, 2.75) is 7.43 Å². The van der Waals surface area contributed by atoms with Gasteiger partial charge in [0.1, 0.15) is 29.4 Å². The molecule has 0 bridgehead atoms. The van der Waals surface area contributed by atoms with Crippen molar-refractivity contribution in [3.8, 4) is 40.7 Å². The molecule has 1 radical (unpaired) electrons. The van der Waals surface area contributed by atoms with Crippen LogP contribution in [0.1, 0.15) is 24.5 Å². The molecule has 0 fully saturated rings. The zero-order chi connectivity index (χ0) is 76.6. The van der Waals surface area contributed by atoms with E-state index >= 15 is 0 Å². The Labute approximate surface area is 676 Å². The fourth-order valence-electron chi connectivity index (χ4n) is 12.5. The summed E-state index contributed by atoms with van der Waals surface area (Å²) in [5.41, 5.74) is 4.85. The number of fused-ring (bicyclic) bond motifs is 21. The van der Waals surface area contributed by atoms with E-state index in [0.29, 0.717) is 27.9 Å². The van der Waals surface area contributed by atoms with E-state index in [9.17, 15) is 10.5 Å². The van der Waals surface area contributed by atoms with Gasteiger partial charge in [0.15, 0.2) is 33.4 Å². The summed E-state index contributed by atoms with van der Waals surface area (Å²) in [5.74, 6) is -0.0624. The van der Waals surface area contributed by atoms with Crippen LogP contribution in [0, 0.1) is 53.7 Å². The van der Waals surface area contributed by atoms with Crippen LogP contribution in [0.3, 0.4) is 0 Å². The van der Waals surface area contributed by atoms with Crippen LogP contribution in [0.4, 0.5) is 17.5 Å². The average molecular weight is 1750 g/mol. The Kier molecular flexibility index (Phi) is 22.7. The molecule has 0 spiro atoms. The van der Waals surface area contributed by atoms with Crippen molar-refractivity contribution >= 4 is 307 Å². The van der Waals surface area contributed by atoms with Crippen LogP contribution in [0.15, 0.2) is 200 Å². The summed E-state index contributed by atoms with van der Waals surface area (Å²) < 4.78 is 17.8. The van der Waals surface area contributed by atoms with Gasteiger partial charge >= 0.3 is 81.3 Å². The summed E-state index contributed by atoms with van der Waals surface area (Å²) in [4.78, 5) is 35.8. The number of halogens is 7. The van der Waals surface area contributed by atoms with Gasteiger partial charge in [0.2, 0.25) is 0 Å². The molecule has 2 N–H and O–H groups in total. The first kappa shape index (κ1) is 76.4. The first-order valence-corrected chi connectivity index (χ1v) is 49.6. The predicted octanol–water partition coefficient (Wildman–Crippen LogP) is 26.3. The molecule has 0 atom stereocenters. The van der Waals surface area contributed by atoms with Gasteiger partial charge in [-0.2, -0.15) is 15.8 Å². The second-order valence-corrected chi connectivity index (χ2v) is 59.9. The number of nitriles is 3. The molecule has 0 saturated carbocycles. The molecule has 0 amide bonds. The Bertz CT molecular complexity index is 6890. The number of hydrogen-bond acceptors (Lipinski definition) is 16. The molecule has 0 unspecified atom stereocenters. The van der Waals surface area contributed by atoms with E-state index in [1.54, 1.807) is 68.8 Å². The molecule has 8 heterocycles. The van der Waals surface area contributed by atoms with Gasteiger partial charge in [0.05, 0.1) is 0 Å². The second kappa shape index (κ2) is 32.3. The molecular formula is C79H40B2Cl7MoN12O2PS5-2. The molecule has 30 heteroatoms. The first-order valence-electron chi connectivity index (χ1n) is 31.9. The van der Waals surface area contributed by atoms with Gasteiger partial charge in [-0.05, 0) is 107 Å². The van der Waals surface area contributed by atoms with E-state index in [2.05, 4.69) is 213 Å². The van der Waals surface area contributed by atoms with Crippen LogP contribution < -0.4 is 5.46 Å². The third-order valence-corrected chi connectivity index (χ3v) is 23.3. The molecule has 14 nitrogen and oxygen atoms in total. The molecule has 11 aromatic carbocycles. The monoisotopic (exact) mass is 1750 g/mol. The number of nitrogens with zero attached hydrogens (tertiary/aromatic N) is 12. The van der Waals surface area contributed by atoms with Crippen molar-refractivity contribution in [2.75, 3.05) is 0 Å².